The Labute approximate surface area is 97.4 Å². The smallest absolute Gasteiger partial charge is 0.161 e. The van der Waals surface area contributed by atoms with E-state index in [1.165, 1.54) is 0 Å². The summed E-state index contributed by atoms with van der Waals surface area (Å²) in [4.78, 5) is 16.6. The van der Waals surface area contributed by atoms with Crippen LogP contribution in [0.1, 0.15) is 52.9 Å². The molecule has 3 nitrogen and oxygen atoms in total. The van der Waals surface area contributed by atoms with E-state index in [1.807, 2.05) is 19.9 Å². The van der Waals surface area contributed by atoms with Crippen LogP contribution in [0.2, 0.25) is 0 Å². The summed E-state index contributed by atoms with van der Waals surface area (Å²) < 4.78 is 0. The van der Waals surface area contributed by atoms with Crippen molar-refractivity contribution in [2.45, 2.75) is 58.5 Å². The van der Waals surface area contributed by atoms with Gasteiger partial charge in [-0.1, -0.05) is 26.3 Å². The Morgan fingerprint density at radius 3 is 2.62 bits per heavy atom. The van der Waals surface area contributed by atoms with Gasteiger partial charge in [0.05, 0.1) is 0 Å². The lowest BCUT2D eigenvalue weighted by molar-refractivity contribution is -0.316. The van der Waals surface area contributed by atoms with Gasteiger partial charge in [0.15, 0.2) is 5.78 Å². The van der Waals surface area contributed by atoms with Crippen molar-refractivity contribution in [3.05, 3.63) is 11.6 Å². The van der Waals surface area contributed by atoms with Crippen LogP contribution in [0.4, 0.5) is 0 Å². The fourth-order valence-corrected chi connectivity index (χ4v) is 2.05. The number of hydrogen-bond donors (Lipinski definition) is 1. The van der Waals surface area contributed by atoms with Crippen molar-refractivity contribution in [3.8, 4) is 0 Å². The fourth-order valence-electron chi connectivity index (χ4n) is 2.05. The van der Waals surface area contributed by atoms with Crippen molar-refractivity contribution >= 4 is 5.78 Å². The Bertz CT molecular complexity index is 281. The molecule has 1 aliphatic rings. The predicted octanol–water partition coefficient (Wildman–Crippen LogP) is 3.35. The molecule has 0 spiro atoms. The molecular formula is C13H22O3. The first-order valence-electron chi connectivity index (χ1n) is 6.08. The Kier molecular flexibility index (Phi) is 4.69. The Hall–Kier alpha value is -0.670. The van der Waals surface area contributed by atoms with E-state index in [0.29, 0.717) is 12.0 Å². The summed E-state index contributed by atoms with van der Waals surface area (Å²) in [6.07, 6.45) is 6.56. The first-order valence-corrected chi connectivity index (χ1v) is 6.08. The van der Waals surface area contributed by atoms with Crippen molar-refractivity contribution in [1.29, 1.82) is 0 Å². The molecule has 0 radical (unpaired) electrons. The lowest BCUT2D eigenvalue weighted by Gasteiger charge is -2.32. The molecule has 1 atom stereocenters. The second-order valence-electron chi connectivity index (χ2n) is 4.99. The number of hydrogen-bond acceptors (Lipinski definition) is 3. The molecule has 1 aliphatic carbocycles. The Morgan fingerprint density at radius 2 is 2.06 bits per heavy atom. The molecule has 16 heavy (non-hydrogen) atoms. The molecule has 1 N–H and O–H groups in total. The van der Waals surface area contributed by atoms with Crippen LogP contribution in [0.3, 0.4) is 0 Å². The Morgan fingerprint density at radius 1 is 1.38 bits per heavy atom. The zero-order chi connectivity index (χ0) is 12.2. The Balaban J connectivity index is 3.00. The van der Waals surface area contributed by atoms with Crippen LogP contribution in [0.25, 0.3) is 0 Å². The highest BCUT2D eigenvalue weighted by atomic mass is 17.1. The summed E-state index contributed by atoms with van der Waals surface area (Å²) in [5.41, 5.74) is -0.223. The van der Waals surface area contributed by atoms with Gasteiger partial charge in [-0.05, 0) is 32.1 Å². The highest BCUT2D eigenvalue weighted by Gasteiger charge is 2.37. The minimum absolute atomic E-state index is 0.0622. The predicted molar refractivity (Wildman–Crippen MR) is 63.1 cm³/mol. The van der Waals surface area contributed by atoms with E-state index in [2.05, 4.69) is 4.89 Å². The van der Waals surface area contributed by atoms with Crippen LogP contribution < -0.4 is 0 Å². The molecule has 0 aromatic rings. The monoisotopic (exact) mass is 226 g/mol. The van der Waals surface area contributed by atoms with E-state index < -0.39 is 5.60 Å². The third-order valence-corrected chi connectivity index (χ3v) is 3.58. The van der Waals surface area contributed by atoms with Gasteiger partial charge in [0.25, 0.3) is 0 Å². The molecule has 0 aromatic heterocycles. The second kappa shape index (κ2) is 5.60. The lowest BCUT2D eigenvalue weighted by Crippen LogP contribution is -2.39. The third-order valence-electron chi connectivity index (χ3n) is 3.58. The van der Waals surface area contributed by atoms with Crippen LogP contribution in [-0.2, 0) is 9.68 Å². The van der Waals surface area contributed by atoms with Crippen molar-refractivity contribution in [1.82, 2.24) is 0 Å². The molecule has 0 saturated heterocycles. The highest BCUT2D eigenvalue weighted by molar-refractivity contribution is 5.97. The summed E-state index contributed by atoms with van der Waals surface area (Å²) in [7, 11) is 0. The maximum Gasteiger partial charge on any atom is 0.161 e. The van der Waals surface area contributed by atoms with Gasteiger partial charge in [-0.3, -0.25) is 10.1 Å². The van der Waals surface area contributed by atoms with Gasteiger partial charge in [0.2, 0.25) is 0 Å². The summed E-state index contributed by atoms with van der Waals surface area (Å²) >= 11 is 0. The van der Waals surface area contributed by atoms with Crippen LogP contribution in [0, 0.1) is 5.92 Å². The van der Waals surface area contributed by atoms with Crippen molar-refractivity contribution < 1.29 is 14.9 Å². The van der Waals surface area contributed by atoms with Crippen molar-refractivity contribution in [3.63, 3.8) is 0 Å². The zero-order valence-corrected chi connectivity index (χ0v) is 10.5. The molecule has 3 heteroatoms. The van der Waals surface area contributed by atoms with Crippen LogP contribution >= 0.6 is 0 Å². The lowest BCUT2D eigenvalue weighted by atomic mass is 9.80. The molecule has 0 aromatic carbocycles. The molecule has 0 unspecified atom stereocenters. The molecule has 0 fully saturated rings. The van der Waals surface area contributed by atoms with E-state index in [4.69, 9.17) is 5.26 Å². The maximum absolute atomic E-state index is 12.0. The molecule has 1 rings (SSSR count). The number of allylic oxidation sites excluding steroid dienone is 1. The SMILES string of the molecule is CC(C)[C@@](C)(OO)/C1=C/CCCCCC1=O. The van der Waals surface area contributed by atoms with E-state index in [-0.39, 0.29) is 11.7 Å². The first kappa shape index (κ1) is 13.4. The van der Waals surface area contributed by atoms with Crippen molar-refractivity contribution in [2.24, 2.45) is 5.92 Å². The van der Waals surface area contributed by atoms with Crippen LogP contribution in [-0.4, -0.2) is 16.6 Å². The molecule has 0 bridgehead atoms. The number of carbonyl (C=O) groups excluding carboxylic acids is 1. The van der Waals surface area contributed by atoms with Gasteiger partial charge in [-0.25, -0.2) is 4.89 Å². The minimum Gasteiger partial charge on any atom is -0.294 e. The van der Waals surface area contributed by atoms with Gasteiger partial charge in [-0.2, -0.15) is 0 Å². The number of Topliss-reactive ketones (excluding diaryl/α,β-unsaturated/α-hetero) is 1. The number of carbonyl (C=O) groups is 1. The van der Waals surface area contributed by atoms with Gasteiger partial charge in [-0.15, -0.1) is 0 Å². The second-order valence-corrected chi connectivity index (χ2v) is 4.99. The number of rotatable bonds is 3. The van der Waals surface area contributed by atoms with Gasteiger partial charge < -0.3 is 0 Å². The normalized spacial score (nSPS) is 25.6. The van der Waals surface area contributed by atoms with Gasteiger partial charge in [0.1, 0.15) is 5.60 Å². The topological polar surface area (TPSA) is 46.5 Å². The van der Waals surface area contributed by atoms with E-state index in [1.54, 1.807) is 6.92 Å². The average Bonchev–Trinajstić information content (AvgIpc) is 2.23. The maximum atomic E-state index is 12.0. The molecule has 0 heterocycles. The van der Waals surface area contributed by atoms with E-state index >= 15 is 0 Å². The summed E-state index contributed by atoms with van der Waals surface area (Å²) in [5, 5.41) is 9.09. The molecular weight excluding hydrogens is 204 g/mol. The number of ketones is 1. The van der Waals surface area contributed by atoms with Gasteiger partial charge >= 0.3 is 0 Å². The largest absolute Gasteiger partial charge is 0.294 e. The van der Waals surface area contributed by atoms with Crippen LogP contribution in [0.5, 0.6) is 0 Å². The van der Waals surface area contributed by atoms with Crippen LogP contribution in [0.15, 0.2) is 11.6 Å². The summed E-state index contributed by atoms with van der Waals surface area (Å²) in [6.45, 7) is 5.68. The quantitative estimate of drug-likeness (QED) is 0.593. The summed E-state index contributed by atoms with van der Waals surface area (Å²) in [6, 6.07) is 0. The van der Waals surface area contributed by atoms with E-state index in [9.17, 15) is 4.79 Å². The molecule has 0 saturated carbocycles. The summed E-state index contributed by atoms with van der Waals surface area (Å²) in [5.74, 6) is 0.178. The first-order chi connectivity index (χ1) is 7.52. The standard InChI is InChI=1S/C13H22O3/c1-10(2)13(3,16-15)11-8-6-4-5-7-9-12(11)14/h8,10,15H,4-7,9H2,1-3H3/b11-8+/t13-/m1/s1. The molecule has 0 amide bonds. The fraction of sp³-hybridized carbons (Fsp3) is 0.769. The van der Waals surface area contributed by atoms with E-state index in [0.717, 1.165) is 25.7 Å². The average molecular weight is 226 g/mol. The van der Waals surface area contributed by atoms with Gasteiger partial charge in [0, 0.05) is 12.0 Å². The molecule has 0 aliphatic heterocycles. The molecule has 92 valence electrons. The third kappa shape index (κ3) is 2.71. The zero-order valence-electron chi connectivity index (χ0n) is 10.5. The minimum atomic E-state index is -0.867. The highest BCUT2D eigenvalue weighted by Crippen LogP contribution is 2.32. The van der Waals surface area contributed by atoms with Crippen molar-refractivity contribution in [2.75, 3.05) is 0 Å².